The van der Waals surface area contributed by atoms with E-state index in [1.54, 1.807) is 31.2 Å². The summed E-state index contributed by atoms with van der Waals surface area (Å²) in [5, 5.41) is 0. The Hall–Kier alpha value is -3.10. The van der Waals surface area contributed by atoms with Crippen molar-refractivity contribution in [1.82, 2.24) is 20.7 Å². The number of piperazine rings is 1. The van der Waals surface area contributed by atoms with E-state index in [4.69, 9.17) is 9.47 Å². The second kappa shape index (κ2) is 12.1. The number of nitrogens with zero attached hydrogens (tertiary/aromatic N) is 2. The van der Waals surface area contributed by atoms with Gasteiger partial charge in [0.15, 0.2) is 6.10 Å². The number of carbonyl (C=O) groups excluding carboxylic acids is 2. The fraction of sp³-hybridized carbons (Fsp3) is 0.417. The average Bonchev–Trinajstić information content (AvgIpc) is 2.81. The Morgan fingerprint density at radius 1 is 0.906 bits per heavy atom. The maximum absolute atomic E-state index is 12.2. The lowest BCUT2D eigenvalue weighted by molar-refractivity contribution is -0.133. The number of rotatable bonds is 9. The van der Waals surface area contributed by atoms with Gasteiger partial charge >= 0.3 is 0 Å². The van der Waals surface area contributed by atoms with Gasteiger partial charge in [-0.05, 0) is 43.7 Å². The van der Waals surface area contributed by atoms with Crippen molar-refractivity contribution in [2.45, 2.75) is 26.5 Å². The zero-order chi connectivity index (χ0) is 22.8. The molecule has 1 aliphatic rings. The standard InChI is InChI=1S/C24H32N4O4/c1-3-31-21-9-11-22(12-10-21)32-19(2)24(30)26-25-23(29)18-28-15-13-27(14-16-28)17-20-7-5-4-6-8-20/h4-12,19H,3,13-18H2,1-2H3,(H,25,29)(H,26,30). The molecule has 2 amide bonds. The van der Waals surface area contributed by atoms with E-state index in [0.717, 1.165) is 38.5 Å². The summed E-state index contributed by atoms with van der Waals surface area (Å²) in [6.45, 7) is 8.72. The molecule has 2 aromatic carbocycles. The number of nitrogens with one attached hydrogen (secondary N) is 2. The van der Waals surface area contributed by atoms with Crippen molar-refractivity contribution in [3.8, 4) is 11.5 Å². The first-order valence-corrected chi connectivity index (χ1v) is 11.0. The van der Waals surface area contributed by atoms with E-state index in [-0.39, 0.29) is 12.5 Å². The monoisotopic (exact) mass is 440 g/mol. The number of carbonyl (C=O) groups is 2. The highest BCUT2D eigenvalue weighted by molar-refractivity contribution is 5.85. The Morgan fingerprint density at radius 3 is 2.19 bits per heavy atom. The Bertz CT molecular complexity index is 852. The third-order valence-corrected chi connectivity index (χ3v) is 5.22. The molecule has 32 heavy (non-hydrogen) atoms. The molecule has 0 aromatic heterocycles. The Morgan fingerprint density at radius 2 is 1.53 bits per heavy atom. The SMILES string of the molecule is CCOc1ccc(OC(C)C(=O)NNC(=O)CN2CCN(Cc3ccccc3)CC2)cc1. The molecule has 0 bridgehead atoms. The minimum Gasteiger partial charge on any atom is -0.494 e. The molecule has 8 heteroatoms. The lowest BCUT2D eigenvalue weighted by Gasteiger charge is -2.34. The first kappa shape index (κ1) is 23.6. The molecule has 2 aromatic rings. The molecule has 0 saturated carbocycles. The lowest BCUT2D eigenvalue weighted by Crippen LogP contribution is -2.53. The quantitative estimate of drug-likeness (QED) is 0.579. The average molecular weight is 441 g/mol. The summed E-state index contributed by atoms with van der Waals surface area (Å²) in [4.78, 5) is 28.9. The van der Waals surface area contributed by atoms with E-state index in [2.05, 4.69) is 32.8 Å². The van der Waals surface area contributed by atoms with Crippen LogP contribution in [0.3, 0.4) is 0 Å². The summed E-state index contributed by atoms with van der Waals surface area (Å²) < 4.78 is 11.0. The number of hydrogen-bond donors (Lipinski definition) is 2. The van der Waals surface area contributed by atoms with Crippen molar-refractivity contribution in [3.63, 3.8) is 0 Å². The molecule has 2 N–H and O–H groups in total. The highest BCUT2D eigenvalue weighted by Crippen LogP contribution is 2.18. The normalized spacial score (nSPS) is 15.6. The Labute approximate surface area is 189 Å². The summed E-state index contributed by atoms with van der Waals surface area (Å²) >= 11 is 0. The van der Waals surface area contributed by atoms with Gasteiger partial charge in [-0.2, -0.15) is 0 Å². The van der Waals surface area contributed by atoms with Crippen molar-refractivity contribution in [1.29, 1.82) is 0 Å². The summed E-state index contributed by atoms with van der Waals surface area (Å²) in [7, 11) is 0. The second-order valence-corrected chi connectivity index (χ2v) is 7.74. The van der Waals surface area contributed by atoms with Gasteiger partial charge in [0.1, 0.15) is 11.5 Å². The zero-order valence-electron chi connectivity index (χ0n) is 18.8. The van der Waals surface area contributed by atoms with Gasteiger partial charge in [-0.3, -0.25) is 30.2 Å². The maximum Gasteiger partial charge on any atom is 0.279 e. The largest absolute Gasteiger partial charge is 0.494 e. The molecule has 1 fully saturated rings. The zero-order valence-corrected chi connectivity index (χ0v) is 18.8. The van der Waals surface area contributed by atoms with Crippen LogP contribution in [0.5, 0.6) is 11.5 Å². The van der Waals surface area contributed by atoms with E-state index in [1.165, 1.54) is 5.56 Å². The van der Waals surface area contributed by atoms with Gasteiger partial charge in [0.25, 0.3) is 11.8 Å². The summed E-state index contributed by atoms with van der Waals surface area (Å²) in [5.74, 6) is 0.629. The summed E-state index contributed by atoms with van der Waals surface area (Å²) in [6.07, 6.45) is -0.755. The Kier molecular flexibility index (Phi) is 8.89. The summed E-state index contributed by atoms with van der Waals surface area (Å²) in [5.41, 5.74) is 6.21. The van der Waals surface area contributed by atoms with Crippen LogP contribution in [0, 0.1) is 0 Å². The minimum absolute atomic E-state index is 0.244. The molecule has 1 heterocycles. The van der Waals surface area contributed by atoms with Crippen molar-refractivity contribution in [2.24, 2.45) is 0 Å². The first-order chi connectivity index (χ1) is 15.5. The molecule has 1 atom stereocenters. The molecule has 0 spiro atoms. The fourth-order valence-corrected chi connectivity index (χ4v) is 3.46. The molecular weight excluding hydrogens is 408 g/mol. The molecule has 8 nitrogen and oxygen atoms in total. The van der Waals surface area contributed by atoms with Crippen molar-refractivity contribution in [3.05, 3.63) is 60.2 Å². The number of ether oxygens (including phenoxy) is 2. The Balaban J connectivity index is 1.33. The van der Waals surface area contributed by atoms with E-state index in [9.17, 15) is 9.59 Å². The first-order valence-electron chi connectivity index (χ1n) is 11.0. The van der Waals surface area contributed by atoms with Crippen LogP contribution in [0.25, 0.3) is 0 Å². The molecule has 1 aliphatic heterocycles. The van der Waals surface area contributed by atoms with E-state index in [1.807, 2.05) is 25.1 Å². The van der Waals surface area contributed by atoms with Crippen LogP contribution in [0.1, 0.15) is 19.4 Å². The van der Waals surface area contributed by atoms with Crippen molar-refractivity contribution in [2.75, 3.05) is 39.3 Å². The molecule has 3 rings (SSSR count). The summed E-state index contributed by atoms with van der Waals surface area (Å²) in [6, 6.07) is 17.4. The molecule has 0 aliphatic carbocycles. The highest BCUT2D eigenvalue weighted by Gasteiger charge is 2.20. The topological polar surface area (TPSA) is 83.1 Å². The van der Waals surface area contributed by atoms with Gasteiger partial charge in [0.05, 0.1) is 13.2 Å². The van der Waals surface area contributed by atoms with Crippen LogP contribution in [0.15, 0.2) is 54.6 Å². The lowest BCUT2D eigenvalue weighted by atomic mass is 10.2. The van der Waals surface area contributed by atoms with Gasteiger partial charge in [-0.1, -0.05) is 30.3 Å². The van der Waals surface area contributed by atoms with Crippen LogP contribution < -0.4 is 20.3 Å². The number of hydrogen-bond acceptors (Lipinski definition) is 6. The van der Waals surface area contributed by atoms with Crippen LogP contribution in [-0.2, 0) is 16.1 Å². The van der Waals surface area contributed by atoms with Gasteiger partial charge in [-0.15, -0.1) is 0 Å². The van der Waals surface area contributed by atoms with E-state index >= 15 is 0 Å². The van der Waals surface area contributed by atoms with Crippen LogP contribution >= 0.6 is 0 Å². The molecule has 1 saturated heterocycles. The number of benzene rings is 2. The molecule has 172 valence electrons. The molecule has 1 unspecified atom stereocenters. The maximum atomic E-state index is 12.2. The predicted molar refractivity (Wildman–Crippen MR) is 122 cm³/mol. The van der Waals surface area contributed by atoms with E-state index < -0.39 is 12.0 Å². The van der Waals surface area contributed by atoms with Crippen molar-refractivity contribution >= 4 is 11.8 Å². The van der Waals surface area contributed by atoms with Crippen LogP contribution in [0.4, 0.5) is 0 Å². The van der Waals surface area contributed by atoms with Gasteiger partial charge in [0.2, 0.25) is 0 Å². The van der Waals surface area contributed by atoms with Gasteiger partial charge in [-0.25, -0.2) is 0 Å². The van der Waals surface area contributed by atoms with Crippen LogP contribution in [-0.4, -0.2) is 67.0 Å². The highest BCUT2D eigenvalue weighted by atomic mass is 16.5. The minimum atomic E-state index is -0.755. The number of amides is 2. The van der Waals surface area contributed by atoms with Crippen LogP contribution in [0.2, 0.25) is 0 Å². The molecule has 0 radical (unpaired) electrons. The third-order valence-electron chi connectivity index (χ3n) is 5.22. The third kappa shape index (κ3) is 7.55. The number of hydrazine groups is 1. The van der Waals surface area contributed by atoms with Crippen molar-refractivity contribution < 1.29 is 19.1 Å². The van der Waals surface area contributed by atoms with Gasteiger partial charge in [0, 0.05) is 32.7 Å². The predicted octanol–water partition coefficient (Wildman–Crippen LogP) is 1.82. The smallest absolute Gasteiger partial charge is 0.279 e. The fourth-order valence-electron chi connectivity index (χ4n) is 3.46. The molecular formula is C24H32N4O4. The van der Waals surface area contributed by atoms with E-state index in [0.29, 0.717) is 12.4 Å². The van der Waals surface area contributed by atoms with Gasteiger partial charge < -0.3 is 9.47 Å². The second-order valence-electron chi connectivity index (χ2n) is 7.74.